The zero-order valence-corrected chi connectivity index (χ0v) is 11.5. The lowest BCUT2D eigenvalue weighted by molar-refractivity contribution is 0.414. The largest absolute Gasteiger partial charge is 0.497 e. The van der Waals surface area contributed by atoms with E-state index in [2.05, 4.69) is 24.9 Å². The van der Waals surface area contributed by atoms with Gasteiger partial charge in [-0.1, -0.05) is 30.8 Å². The summed E-state index contributed by atoms with van der Waals surface area (Å²) in [6.07, 6.45) is 1.01. The second-order valence-electron chi connectivity index (χ2n) is 3.86. The highest BCUT2D eigenvalue weighted by Crippen LogP contribution is 2.18. The van der Waals surface area contributed by atoms with Crippen LogP contribution in [0.25, 0.3) is 0 Å². The highest BCUT2D eigenvalue weighted by Gasteiger charge is 2.01. The molecule has 0 bridgehead atoms. The Hall–Kier alpha value is -1.16. The standard InChI is InChI=1S/C13H20N2OS/c1-4-10(2)15-13(14)17-9-11-6-5-7-12(8-11)16-3/h5-8,10H,4,9H2,1-3H3,(H2,14,15)/t10-/m0/s1. The number of thioether (sulfide) groups is 1. The predicted molar refractivity (Wildman–Crippen MR) is 75.7 cm³/mol. The minimum atomic E-state index is 0.299. The molecule has 4 heteroatoms. The summed E-state index contributed by atoms with van der Waals surface area (Å²) in [7, 11) is 1.67. The van der Waals surface area contributed by atoms with Crippen molar-refractivity contribution < 1.29 is 4.74 Å². The molecule has 0 aliphatic rings. The van der Waals surface area contributed by atoms with Gasteiger partial charge in [-0.05, 0) is 31.0 Å². The molecule has 0 fully saturated rings. The van der Waals surface area contributed by atoms with E-state index >= 15 is 0 Å². The monoisotopic (exact) mass is 252 g/mol. The number of ether oxygens (including phenoxy) is 1. The van der Waals surface area contributed by atoms with Gasteiger partial charge >= 0.3 is 0 Å². The first-order valence-electron chi connectivity index (χ1n) is 5.74. The van der Waals surface area contributed by atoms with Crippen LogP contribution in [0.4, 0.5) is 0 Å². The molecule has 0 radical (unpaired) electrons. The first-order valence-corrected chi connectivity index (χ1v) is 6.73. The molecule has 0 unspecified atom stereocenters. The Balaban J connectivity index is 2.52. The lowest BCUT2D eigenvalue weighted by Gasteiger charge is -2.06. The van der Waals surface area contributed by atoms with Crippen LogP contribution in [0.2, 0.25) is 0 Å². The molecule has 0 aliphatic heterocycles. The van der Waals surface area contributed by atoms with Crippen molar-refractivity contribution in [3.63, 3.8) is 0 Å². The molecule has 94 valence electrons. The molecule has 0 amide bonds. The molecular formula is C13H20N2OS. The number of rotatable bonds is 5. The molecule has 0 aromatic heterocycles. The zero-order valence-electron chi connectivity index (χ0n) is 10.6. The fourth-order valence-electron chi connectivity index (χ4n) is 1.27. The van der Waals surface area contributed by atoms with Crippen molar-refractivity contribution in [2.45, 2.75) is 32.1 Å². The van der Waals surface area contributed by atoms with E-state index in [0.29, 0.717) is 11.2 Å². The first-order chi connectivity index (χ1) is 8.15. The summed E-state index contributed by atoms with van der Waals surface area (Å²) in [5.74, 6) is 1.70. The Morgan fingerprint density at radius 1 is 1.53 bits per heavy atom. The molecule has 0 aliphatic carbocycles. The van der Waals surface area contributed by atoms with Gasteiger partial charge in [-0.25, -0.2) is 0 Å². The van der Waals surface area contributed by atoms with E-state index < -0.39 is 0 Å². The van der Waals surface area contributed by atoms with Gasteiger partial charge in [0.05, 0.1) is 7.11 Å². The summed E-state index contributed by atoms with van der Waals surface area (Å²) in [6, 6.07) is 8.30. The number of benzene rings is 1. The van der Waals surface area contributed by atoms with E-state index in [0.717, 1.165) is 17.9 Å². The quantitative estimate of drug-likeness (QED) is 0.647. The van der Waals surface area contributed by atoms with Crippen molar-refractivity contribution in [3.05, 3.63) is 29.8 Å². The molecular weight excluding hydrogens is 232 g/mol. The van der Waals surface area contributed by atoms with E-state index in [1.165, 1.54) is 5.56 Å². The van der Waals surface area contributed by atoms with E-state index in [9.17, 15) is 0 Å². The van der Waals surface area contributed by atoms with Crippen LogP contribution in [0, 0.1) is 0 Å². The molecule has 1 atom stereocenters. The summed E-state index contributed by atoms with van der Waals surface area (Å²) in [5.41, 5.74) is 7.04. The maximum absolute atomic E-state index is 5.85. The van der Waals surface area contributed by atoms with Crippen LogP contribution < -0.4 is 10.5 Å². The Bertz CT molecular complexity index is 379. The van der Waals surface area contributed by atoms with Crippen molar-refractivity contribution in [1.29, 1.82) is 0 Å². The second-order valence-corrected chi connectivity index (χ2v) is 4.86. The Kier molecular flexibility index (Phi) is 5.91. The van der Waals surface area contributed by atoms with E-state index in [4.69, 9.17) is 10.5 Å². The van der Waals surface area contributed by atoms with Gasteiger partial charge in [0.2, 0.25) is 0 Å². The van der Waals surface area contributed by atoms with Crippen LogP contribution in [0.15, 0.2) is 29.3 Å². The molecule has 3 nitrogen and oxygen atoms in total. The van der Waals surface area contributed by atoms with Gasteiger partial charge in [0.25, 0.3) is 0 Å². The topological polar surface area (TPSA) is 47.6 Å². The van der Waals surface area contributed by atoms with E-state index in [1.807, 2.05) is 18.2 Å². The fraction of sp³-hybridized carbons (Fsp3) is 0.462. The second kappa shape index (κ2) is 7.22. The third kappa shape index (κ3) is 5.13. The average Bonchev–Trinajstić information content (AvgIpc) is 2.36. The van der Waals surface area contributed by atoms with Crippen LogP contribution in [0.3, 0.4) is 0 Å². The van der Waals surface area contributed by atoms with Crippen LogP contribution in [-0.4, -0.2) is 18.3 Å². The van der Waals surface area contributed by atoms with Crippen LogP contribution in [-0.2, 0) is 5.75 Å². The molecule has 1 rings (SSSR count). The normalized spacial score (nSPS) is 13.5. The number of nitrogens with two attached hydrogens (primary N) is 1. The molecule has 17 heavy (non-hydrogen) atoms. The van der Waals surface area contributed by atoms with Gasteiger partial charge < -0.3 is 10.5 Å². The minimum Gasteiger partial charge on any atom is -0.497 e. The van der Waals surface area contributed by atoms with Crippen molar-refractivity contribution >= 4 is 16.9 Å². The lowest BCUT2D eigenvalue weighted by Crippen LogP contribution is -2.11. The van der Waals surface area contributed by atoms with Crippen molar-refractivity contribution in [2.24, 2.45) is 10.7 Å². The number of nitrogens with zero attached hydrogens (tertiary/aromatic N) is 1. The highest BCUT2D eigenvalue weighted by atomic mass is 32.2. The molecule has 0 saturated carbocycles. The number of hydrogen-bond donors (Lipinski definition) is 1. The Labute approximate surface area is 107 Å². The molecule has 0 heterocycles. The summed E-state index contributed by atoms with van der Waals surface area (Å²) < 4.78 is 5.17. The van der Waals surface area contributed by atoms with Crippen molar-refractivity contribution in [2.75, 3.05) is 7.11 Å². The van der Waals surface area contributed by atoms with E-state index in [1.54, 1.807) is 18.9 Å². The molecule has 0 spiro atoms. The summed E-state index contributed by atoms with van der Waals surface area (Å²) in [4.78, 5) is 4.38. The number of amidine groups is 1. The van der Waals surface area contributed by atoms with Crippen molar-refractivity contribution in [1.82, 2.24) is 0 Å². The van der Waals surface area contributed by atoms with Crippen LogP contribution in [0.1, 0.15) is 25.8 Å². The third-order valence-electron chi connectivity index (χ3n) is 2.46. The van der Waals surface area contributed by atoms with Gasteiger partial charge in [0, 0.05) is 11.8 Å². The lowest BCUT2D eigenvalue weighted by atomic mass is 10.2. The van der Waals surface area contributed by atoms with Gasteiger partial charge in [0.15, 0.2) is 5.17 Å². The summed E-state index contributed by atoms with van der Waals surface area (Å²) >= 11 is 1.56. The van der Waals surface area contributed by atoms with Crippen molar-refractivity contribution in [3.8, 4) is 5.75 Å². The molecule has 1 aromatic rings. The average molecular weight is 252 g/mol. The maximum Gasteiger partial charge on any atom is 0.154 e. The number of methoxy groups -OCH3 is 1. The van der Waals surface area contributed by atoms with E-state index in [-0.39, 0.29) is 0 Å². The van der Waals surface area contributed by atoms with Gasteiger partial charge in [-0.2, -0.15) is 0 Å². The summed E-state index contributed by atoms with van der Waals surface area (Å²) in [5, 5.41) is 0.655. The molecule has 2 N–H and O–H groups in total. The minimum absolute atomic E-state index is 0.299. The van der Waals surface area contributed by atoms with Gasteiger partial charge in [-0.15, -0.1) is 0 Å². The first kappa shape index (κ1) is 13.9. The Morgan fingerprint density at radius 3 is 2.94 bits per heavy atom. The third-order valence-corrected chi connectivity index (χ3v) is 3.34. The zero-order chi connectivity index (χ0) is 12.7. The summed E-state index contributed by atoms with van der Waals surface area (Å²) in [6.45, 7) is 4.17. The molecule has 0 saturated heterocycles. The SMILES string of the molecule is CC[C@H](C)N=C(N)SCc1cccc(OC)c1. The predicted octanol–water partition coefficient (Wildman–Crippen LogP) is 3.04. The smallest absolute Gasteiger partial charge is 0.154 e. The number of aliphatic imine (C=N–C) groups is 1. The van der Waals surface area contributed by atoms with Gasteiger partial charge in [-0.3, -0.25) is 4.99 Å². The van der Waals surface area contributed by atoms with Crippen LogP contribution >= 0.6 is 11.8 Å². The molecule has 1 aromatic carbocycles. The fourth-order valence-corrected chi connectivity index (χ4v) is 2.01. The van der Waals surface area contributed by atoms with Gasteiger partial charge in [0.1, 0.15) is 5.75 Å². The maximum atomic E-state index is 5.85. The Morgan fingerprint density at radius 2 is 2.29 bits per heavy atom. The number of hydrogen-bond acceptors (Lipinski definition) is 3. The highest BCUT2D eigenvalue weighted by molar-refractivity contribution is 8.13. The van der Waals surface area contributed by atoms with Crippen LogP contribution in [0.5, 0.6) is 5.75 Å².